The number of carboxylic acid groups (broad SMARTS) is 1. The molecule has 4 nitrogen and oxygen atoms in total. The topological polar surface area (TPSA) is 55.8 Å². The van der Waals surface area contributed by atoms with Crippen LogP contribution in [0.3, 0.4) is 0 Å². The zero-order valence-electron chi connectivity index (χ0n) is 11.1. The van der Waals surface area contributed by atoms with Gasteiger partial charge in [0.05, 0.1) is 19.8 Å². The van der Waals surface area contributed by atoms with Crippen LogP contribution in [0.5, 0.6) is 11.5 Å². The molecule has 1 aromatic carbocycles. The molecule has 20 heavy (non-hydrogen) atoms. The molecule has 1 N–H and O–H groups in total. The van der Waals surface area contributed by atoms with E-state index in [0.29, 0.717) is 21.9 Å². The van der Waals surface area contributed by atoms with E-state index in [2.05, 4.69) is 0 Å². The molecule has 0 amide bonds. The van der Waals surface area contributed by atoms with Crippen molar-refractivity contribution in [3.05, 3.63) is 46.2 Å². The van der Waals surface area contributed by atoms with Crippen molar-refractivity contribution in [2.24, 2.45) is 0 Å². The third-order valence-electron chi connectivity index (χ3n) is 2.75. The standard InChI is InChI=1S/C15H14O4S/c1-18-12-6-3-5-10(14(12)19-2)9-11(15(16)17)13-7-4-8-20-13/h3-9H,1-2H3,(H,16,17)/b11-9-. The molecule has 0 saturated carbocycles. The van der Waals surface area contributed by atoms with Crippen LogP contribution in [0, 0.1) is 0 Å². The summed E-state index contributed by atoms with van der Waals surface area (Å²) in [6, 6.07) is 8.94. The normalized spacial score (nSPS) is 11.2. The van der Waals surface area contributed by atoms with Crippen molar-refractivity contribution in [2.75, 3.05) is 14.2 Å². The summed E-state index contributed by atoms with van der Waals surface area (Å²) >= 11 is 1.38. The highest BCUT2D eigenvalue weighted by molar-refractivity contribution is 7.11. The Bertz CT molecular complexity index is 629. The zero-order valence-corrected chi connectivity index (χ0v) is 11.9. The molecular weight excluding hydrogens is 276 g/mol. The van der Waals surface area contributed by atoms with Crippen molar-refractivity contribution in [1.82, 2.24) is 0 Å². The average Bonchev–Trinajstić information content (AvgIpc) is 2.97. The van der Waals surface area contributed by atoms with Gasteiger partial charge in [-0.25, -0.2) is 4.79 Å². The second kappa shape index (κ2) is 6.25. The van der Waals surface area contributed by atoms with Gasteiger partial charge < -0.3 is 14.6 Å². The van der Waals surface area contributed by atoms with Crippen molar-refractivity contribution in [1.29, 1.82) is 0 Å². The third kappa shape index (κ3) is 2.83. The number of thiophene rings is 1. The van der Waals surface area contributed by atoms with Gasteiger partial charge in [0.15, 0.2) is 11.5 Å². The molecule has 2 aromatic rings. The van der Waals surface area contributed by atoms with Gasteiger partial charge >= 0.3 is 5.97 Å². The molecule has 104 valence electrons. The highest BCUT2D eigenvalue weighted by Gasteiger charge is 2.14. The predicted octanol–water partition coefficient (Wildman–Crippen LogP) is 3.39. The molecule has 0 spiro atoms. The van der Waals surface area contributed by atoms with Crippen LogP contribution in [0.25, 0.3) is 11.6 Å². The Morgan fingerprint density at radius 1 is 1.20 bits per heavy atom. The molecule has 5 heteroatoms. The van der Waals surface area contributed by atoms with Gasteiger partial charge in [-0.15, -0.1) is 11.3 Å². The minimum atomic E-state index is -0.975. The molecule has 0 fully saturated rings. The Labute approximate surface area is 120 Å². The summed E-state index contributed by atoms with van der Waals surface area (Å²) in [4.78, 5) is 12.1. The predicted molar refractivity (Wildman–Crippen MR) is 79.4 cm³/mol. The van der Waals surface area contributed by atoms with Crippen molar-refractivity contribution >= 4 is 29.0 Å². The summed E-state index contributed by atoms with van der Waals surface area (Å²) in [6.45, 7) is 0. The quantitative estimate of drug-likeness (QED) is 0.858. The van der Waals surface area contributed by atoms with Gasteiger partial charge in [-0.05, 0) is 23.6 Å². The van der Waals surface area contributed by atoms with Crippen molar-refractivity contribution in [3.8, 4) is 11.5 Å². The second-order valence-corrected chi connectivity index (χ2v) is 4.87. The van der Waals surface area contributed by atoms with E-state index >= 15 is 0 Å². The van der Waals surface area contributed by atoms with Crippen LogP contribution in [-0.4, -0.2) is 25.3 Å². The van der Waals surface area contributed by atoms with E-state index in [0.717, 1.165) is 0 Å². The lowest BCUT2D eigenvalue weighted by Crippen LogP contribution is -1.99. The molecule has 0 aliphatic carbocycles. The van der Waals surface area contributed by atoms with Crippen LogP contribution in [0.15, 0.2) is 35.7 Å². The van der Waals surface area contributed by atoms with Gasteiger partial charge in [0.25, 0.3) is 0 Å². The van der Waals surface area contributed by atoms with Crippen LogP contribution < -0.4 is 9.47 Å². The fraction of sp³-hybridized carbons (Fsp3) is 0.133. The Hall–Kier alpha value is -2.27. The number of carboxylic acids is 1. The second-order valence-electron chi connectivity index (χ2n) is 3.92. The van der Waals surface area contributed by atoms with Crippen LogP contribution >= 0.6 is 11.3 Å². The van der Waals surface area contributed by atoms with Crippen LogP contribution in [0.4, 0.5) is 0 Å². The maximum absolute atomic E-state index is 11.4. The van der Waals surface area contributed by atoms with Crippen LogP contribution in [-0.2, 0) is 4.79 Å². The summed E-state index contributed by atoms with van der Waals surface area (Å²) in [5.41, 5.74) is 0.893. The molecule has 0 aliphatic heterocycles. The lowest BCUT2D eigenvalue weighted by atomic mass is 10.1. The van der Waals surface area contributed by atoms with E-state index in [-0.39, 0.29) is 5.57 Å². The van der Waals surface area contributed by atoms with E-state index in [9.17, 15) is 9.90 Å². The lowest BCUT2D eigenvalue weighted by molar-refractivity contribution is -0.130. The summed E-state index contributed by atoms with van der Waals surface area (Å²) in [7, 11) is 3.07. The van der Waals surface area contributed by atoms with Gasteiger partial charge in [-0.3, -0.25) is 0 Å². The molecule has 0 unspecified atom stereocenters. The number of para-hydroxylation sites is 1. The Morgan fingerprint density at radius 3 is 2.55 bits per heavy atom. The number of carbonyl (C=O) groups is 1. The lowest BCUT2D eigenvalue weighted by Gasteiger charge is -2.10. The number of methoxy groups -OCH3 is 2. The van der Waals surface area contributed by atoms with E-state index in [1.807, 2.05) is 11.4 Å². The maximum atomic E-state index is 11.4. The highest BCUT2D eigenvalue weighted by Crippen LogP contribution is 2.34. The molecule has 0 saturated heterocycles. The molecule has 1 heterocycles. The highest BCUT2D eigenvalue weighted by atomic mass is 32.1. The van der Waals surface area contributed by atoms with Gasteiger partial charge in [-0.2, -0.15) is 0 Å². The minimum Gasteiger partial charge on any atom is -0.493 e. The molecule has 1 aromatic heterocycles. The number of hydrogen-bond acceptors (Lipinski definition) is 4. The first-order chi connectivity index (χ1) is 9.67. The summed E-state index contributed by atoms with van der Waals surface area (Å²) in [5, 5.41) is 11.2. The minimum absolute atomic E-state index is 0.228. The number of aliphatic carboxylic acids is 1. The fourth-order valence-corrected chi connectivity index (χ4v) is 2.59. The molecule has 0 bridgehead atoms. The number of ether oxygens (including phenoxy) is 2. The van der Waals surface area contributed by atoms with E-state index in [4.69, 9.17) is 9.47 Å². The van der Waals surface area contributed by atoms with Gasteiger partial charge in [0, 0.05) is 10.4 Å². The SMILES string of the molecule is COc1cccc(/C=C(\C(=O)O)c2cccs2)c1OC. The van der Waals surface area contributed by atoms with Crippen molar-refractivity contribution < 1.29 is 19.4 Å². The fourth-order valence-electron chi connectivity index (χ4n) is 1.85. The average molecular weight is 290 g/mol. The molecular formula is C15H14O4S. The molecule has 0 aliphatic rings. The summed E-state index contributed by atoms with van der Waals surface area (Å²) < 4.78 is 10.5. The zero-order chi connectivity index (χ0) is 14.5. The molecule has 0 radical (unpaired) electrons. The number of hydrogen-bond donors (Lipinski definition) is 1. The van der Waals surface area contributed by atoms with Gasteiger partial charge in [0.1, 0.15) is 0 Å². The Morgan fingerprint density at radius 2 is 2.00 bits per heavy atom. The van der Waals surface area contributed by atoms with E-state index in [1.165, 1.54) is 18.4 Å². The van der Waals surface area contributed by atoms with Crippen molar-refractivity contribution in [2.45, 2.75) is 0 Å². The first kappa shape index (κ1) is 14.1. The molecule has 2 rings (SSSR count). The summed E-state index contributed by atoms with van der Waals surface area (Å²) in [6.07, 6.45) is 1.59. The smallest absolute Gasteiger partial charge is 0.337 e. The molecule has 0 atom stereocenters. The van der Waals surface area contributed by atoms with Gasteiger partial charge in [0.2, 0.25) is 0 Å². The largest absolute Gasteiger partial charge is 0.493 e. The van der Waals surface area contributed by atoms with Crippen LogP contribution in [0.2, 0.25) is 0 Å². The third-order valence-corrected chi connectivity index (χ3v) is 3.65. The van der Waals surface area contributed by atoms with Gasteiger partial charge in [-0.1, -0.05) is 18.2 Å². The first-order valence-electron chi connectivity index (χ1n) is 5.87. The summed E-state index contributed by atoms with van der Waals surface area (Å²) in [5.74, 6) is 0.111. The Balaban J connectivity index is 2.55. The van der Waals surface area contributed by atoms with E-state index in [1.54, 1.807) is 37.5 Å². The monoisotopic (exact) mass is 290 g/mol. The van der Waals surface area contributed by atoms with Crippen molar-refractivity contribution in [3.63, 3.8) is 0 Å². The number of benzene rings is 1. The Kier molecular flexibility index (Phi) is 4.42. The van der Waals surface area contributed by atoms with Crippen LogP contribution in [0.1, 0.15) is 10.4 Å². The first-order valence-corrected chi connectivity index (χ1v) is 6.75. The number of rotatable bonds is 5. The maximum Gasteiger partial charge on any atom is 0.337 e. The van der Waals surface area contributed by atoms with E-state index < -0.39 is 5.97 Å².